The molecule has 3 aromatic heterocycles. The number of halogens is 1. The molecule has 3 heterocycles. The Morgan fingerprint density at radius 2 is 1.96 bits per heavy atom. The molecule has 0 saturated carbocycles. The van der Waals surface area contributed by atoms with Crippen LogP contribution in [-0.4, -0.2) is 32.9 Å². The number of aryl methyl sites for hydroxylation is 2. The second-order valence-electron chi connectivity index (χ2n) is 6.64. The third-order valence-corrected chi connectivity index (χ3v) is 4.87. The fourth-order valence-electron chi connectivity index (χ4n) is 3.47. The summed E-state index contributed by atoms with van der Waals surface area (Å²) >= 11 is 0. The zero-order valence-corrected chi connectivity index (χ0v) is 15.9. The minimum atomic E-state index is -0.286. The highest BCUT2D eigenvalue weighted by Gasteiger charge is 2.17. The van der Waals surface area contributed by atoms with Gasteiger partial charge in [0, 0.05) is 38.2 Å². The Morgan fingerprint density at radius 3 is 2.68 bits per heavy atom. The van der Waals surface area contributed by atoms with Crippen molar-refractivity contribution in [3.05, 3.63) is 64.6 Å². The summed E-state index contributed by atoms with van der Waals surface area (Å²) in [4.78, 5) is 17.4. The maximum absolute atomic E-state index is 13.3. The number of benzene rings is 1. The van der Waals surface area contributed by atoms with Crippen LogP contribution in [0.25, 0.3) is 27.7 Å². The van der Waals surface area contributed by atoms with Crippen LogP contribution in [0.15, 0.2) is 47.5 Å². The minimum Gasteiger partial charge on any atom is -0.385 e. The number of rotatable bonds is 6. The highest BCUT2D eigenvalue weighted by molar-refractivity contribution is 5.86. The molecular weight excluding hydrogens is 359 g/mol. The molecule has 0 radical (unpaired) electrons. The SMILES string of the molecule is CCc1nn2c(ncc3c(=O)n(CCCOC)ccc32)c1-c1ccc(F)cc1. The third kappa shape index (κ3) is 3.07. The molecule has 1 aromatic carbocycles. The van der Waals surface area contributed by atoms with Crippen molar-refractivity contribution in [2.24, 2.45) is 0 Å². The molecule has 7 heteroatoms. The van der Waals surface area contributed by atoms with E-state index in [2.05, 4.69) is 4.98 Å². The van der Waals surface area contributed by atoms with Gasteiger partial charge in [0.15, 0.2) is 5.65 Å². The lowest BCUT2D eigenvalue weighted by Crippen LogP contribution is -2.21. The zero-order valence-electron chi connectivity index (χ0n) is 15.9. The van der Waals surface area contributed by atoms with E-state index in [9.17, 15) is 9.18 Å². The maximum Gasteiger partial charge on any atom is 0.261 e. The van der Waals surface area contributed by atoms with Crippen molar-refractivity contribution >= 4 is 16.6 Å². The first-order valence-electron chi connectivity index (χ1n) is 9.28. The maximum atomic E-state index is 13.3. The molecule has 0 amide bonds. The molecule has 28 heavy (non-hydrogen) atoms. The molecule has 4 aromatic rings. The summed E-state index contributed by atoms with van der Waals surface area (Å²) in [6.45, 7) is 3.20. The smallest absolute Gasteiger partial charge is 0.261 e. The quantitative estimate of drug-likeness (QED) is 0.481. The summed E-state index contributed by atoms with van der Waals surface area (Å²) in [7, 11) is 1.64. The molecule has 0 atom stereocenters. The van der Waals surface area contributed by atoms with Gasteiger partial charge in [-0.1, -0.05) is 19.1 Å². The average molecular weight is 380 g/mol. The Morgan fingerprint density at radius 1 is 1.18 bits per heavy atom. The molecule has 144 valence electrons. The van der Waals surface area contributed by atoms with E-state index in [-0.39, 0.29) is 11.4 Å². The van der Waals surface area contributed by atoms with Crippen LogP contribution in [0.5, 0.6) is 0 Å². The number of hydrogen-bond donors (Lipinski definition) is 0. The minimum absolute atomic E-state index is 0.0973. The van der Waals surface area contributed by atoms with Crippen molar-refractivity contribution in [2.75, 3.05) is 13.7 Å². The van der Waals surface area contributed by atoms with Crippen LogP contribution < -0.4 is 5.56 Å². The molecule has 4 rings (SSSR count). The topological polar surface area (TPSA) is 61.4 Å². The molecule has 6 nitrogen and oxygen atoms in total. The van der Waals surface area contributed by atoms with Crippen molar-refractivity contribution in [1.82, 2.24) is 19.2 Å². The van der Waals surface area contributed by atoms with E-state index in [4.69, 9.17) is 9.84 Å². The van der Waals surface area contributed by atoms with Crippen molar-refractivity contribution in [3.63, 3.8) is 0 Å². The molecule has 0 aliphatic carbocycles. The summed E-state index contributed by atoms with van der Waals surface area (Å²) in [5, 5.41) is 5.21. The standard InChI is InChI=1S/C21H21FN4O2/c1-3-17-19(14-5-7-15(22)8-6-14)20-23-13-16-18(26(20)24-17)9-11-25(21(16)27)10-4-12-28-2/h5-9,11,13H,3-4,10,12H2,1-2H3. The van der Waals surface area contributed by atoms with E-state index in [1.54, 1.807) is 40.7 Å². The van der Waals surface area contributed by atoms with Gasteiger partial charge in [-0.05, 0) is 36.6 Å². The molecule has 0 spiro atoms. The summed E-state index contributed by atoms with van der Waals surface area (Å²) in [5.41, 5.74) is 3.85. The van der Waals surface area contributed by atoms with E-state index < -0.39 is 0 Å². The predicted octanol–water partition coefficient (Wildman–Crippen LogP) is 3.45. The van der Waals surface area contributed by atoms with Crippen molar-refractivity contribution < 1.29 is 9.13 Å². The molecule has 0 N–H and O–H groups in total. The number of ether oxygens (including phenoxy) is 1. The lowest BCUT2D eigenvalue weighted by molar-refractivity contribution is 0.190. The summed E-state index contributed by atoms with van der Waals surface area (Å²) in [6.07, 6.45) is 4.85. The Hall–Kier alpha value is -3.06. The highest BCUT2D eigenvalue weighted by atomic mass is 19.1. The lowest BCUT2D eigenvalue weighted by atomic mass is 10.0. The zero-order chi connectivity index (χ0) is 19.7. The molecular formula is C21H21FN4O2. The van der Waals surface area contributed by atoms with Crippen LogP contribution in [0, 0.1) is 5.82 Å². The first-order valence-corrected chi connectivity index (χ1v) is 9.28. The number of methoxy groups -OCH3 is 1. The van der Waals surface area contributed by atoms with Gasteiger partial charge in [0.25, 0.3) is 5.56 Å². The van der Waals surface area contributed by atoms with Crippen LogP contribution in [-0.2, 0) is 17.7 Å². The summed E-state index contributed by atoms with van der Waals surface area (Å²) in [6, 6.07) is 8.20. The van der Waals surface area contributed by atoms with Gasteiger partial charge in [-0.2, -0.15) is 5.10 Å². The van der Waals surface area contributed by atoms with Gasteiger partial charge in [0.1, 0.15) is 5.82 Å². The number of aromatic nitrogens is 4. The number of pyridine rings is 1. The first-order chi connectivity index (χ1) is 13.6. The molecule has 0 bridgehead atoms. The van der Waals surface area contributed by atoms with Gasteiger partial charge >= 0.3 is 0 Å². The van der Waals surface area contributed by atoms with Gasteiger partial charge in [0.05, 0.1) is 16.6 Å². The van der Waals surface area contributed by atoms with Crippen LogP contribution in [0.1, 0.15) is 19.0 Å². The number of nitrogens with zero attached hydrogens (tertiary/aromatic N) is 4. The first kappa shape index (κ1) is 18.3. The average Bonchev–Trinajstić information content (AvgIpc) is 3.09. The van der Waals surface area contributed by atoms with E-state index in [0.29, 0.717) is 36.1 Å². The van der Waals surface area contributed by atoms with E-state index in [0.717, 1.165) is 23.2 Å². The Balaban J connectivity index is 1.90. The summed E-state index contributed by atoms with van der Waals surface area (Å²) in [5.74, 6) is -0.286. The largest absolute Gasteiger partial charge is 0.385 e. The summed E-state index contributed by atoms with van der Waals surface area (Å²) < 4.78 is 21.8. The van der Waals surface area contributed by atoms with E-state index in [1.807, 2.05) is 13.0 Å². The van der Waals surface area contributed by atoms with Crippen molar-refractivity contribution in [2.45, 2.75) is 26.3 Å². The van der Waals surface area contributed by atoms with Crippen molar-refractivity contribution in [3.8, 4) is 11.1 Å². The van der Waals surface area contributed by atoms with Crippen LogP contribution >= 0.6 is 0 Å². The molecule has 0 saturated heterocycles. The fourth-order valence-corrected chi connectivity index (χ4v) is 3.47. The monoisotopic (exact) mass is 380 g/mol. The van der Waals surface area contributed by atoms with Gasteiger partial charge in [-0.3, -0.25) is 4.79 Å². The van der Waals surface area contributed by atoms with Gasteiger partial charge in [-0.15, -0.1) is 0 Å². The molecule has 0 aliphatic heterocycles. The molecule has 0 fully saturated rings. The van der Waals surface area contributed by atoms with E-state index >= 15 is 0 Å². The van der Waals surface area contributed by atoms with Crippen LogP contribution in [0.4, 0.5) is 4.39 Å². The Bertz CT molecular complexity index is 1200. The predicted molar refractivity (Wildman–Crippen MR) is 106 cm³/mol. The van der Waals surface area contributed by atoms with Gasteiger partial charge in [0.2, 0.25) is 0 Å². The van der Waals surface area contributed by atoms with Crippen molar-refractivity contribution in [1.29, 1.82) is 0 Å². The van der Waals surface area contributed by atoms with E-state index in [1.165, 1.54) is 12.1 Å². The number of hydrogen-bond acceptors (Lipinski definition) is 4. The lowest BCUT2D eigenvalue weighted by Gasteiger charge is -2.08. The molecule has 0 aliphatic rings. The molecule has 0 unspecified atom stereocenters. The Kier molecular flexibility index (Phi) is 4.92. The Labute approximate surface area is 161 Å². The van der Waals surface area contributed by atoms with Crippen LogP contribution in [0.3, 0.4) is 0 Å². The number of fused-ring (bicyclic) bond motifs is 3. The van der Waals surface area contributed by atoms with Crippen LogP contribution in [0.2, 0.25) is 0 Å². The second kappa shape index (κ2) is 7.52. The third-order valence-electron chi connectivity index (χ3n) is 4.87. The second-order valence-corrected chi connectivity index (χ2v) is 6.64. The fraction of sp³-hybridized carbons (Fsp3) is 0.286. The normalized spacial score (nSPS) is 11.5. The van der Waals surface area contributed by atoms with Gasteiger partial charge in [-0.25, -0.2) is 13.9 Å². The highest BCUT2D eigenvalue weighted by Crippen LogP contribution is 2.29. The van der Waals surface area contributed by atoms with Gasteiger partial charge < -0.3 is 9.30 Å².